The van der Waals surface area contributed by atoms with Crippen LogP contribution in [0.5, 0.6) is 0 Å². The average Bonchev–Trinajstić information content (AvgIpc) is 3.77. The summed E-state index contributed by atoms with van der Waals surface area (Å²) in [6.07, 6.45) is 0. The number of hydrogen-bond acceptors (Lipinski definition) is 1. The van der Waals surface area contributed by atoms with E-state index in [1.165, 1.54) is 99.1 Å². The SMILES string of the molecule is CC.CC1(C)c2ccccc2-c2c1c1c(c3c2oc2ccccc23)-c2ccc(-c3c4ccccc4c(-c4ccccc4)c4ccccc34)cc2C1(C)C. The lowest BCUT2D eigenvalue weighted by Crippen LogP contribution is -2.24. The van der Waals surface area contributed by atoms with E-state index in [1.54, 1.807) is 0 Å². The molecular weight excluding hydrogens is 641 g/mol. The van der Waals surface area contributed by atoms with Gasteiger partial charge in [-0.05, 0) is 94.9 Å². The number of benzene rings is 8. The Morgan fingerprint density at radius 3 is 1.55 bits per heavy atom. The molecule has 0 saturated heterocycles. The molecule has 0 amide bonds. The molecule has 256 valence electrons. The third kappa shape index (κ3) is 4.14. The highest BCUT2D eigenvalue weighted by Crippen LogP contribution is 2.63. The zero-order valence-electron chi connectivity index (χ0n) is 31.3. The maximum atomic E-state index is 6.89. The first kappa shape index (κ1) is 31.8. The molecule has 0 radical (unpaired) electrons. The van der Waals surface area contributed by atoms with E-state index in [4.69, 9.17) is 4.42 Å². The first-order valence-electron chi connectivity index (χ1n) is 19.1. The summed E-state index contributed by atoms with van der Waals surface area (Å²) in [6.45, 7) is 13.7. The van der Waals surface area contributed by atoms with Gasteiger partial charge in [0.1, 0.15) is 11.2 Å². The van der Waals surface area contributed by atoms with Gasteiger partial charge in [-0.1, -0.05) is 175 Å². The summed E-state index contributed by atoms with van der Waals surface area (Å²) in [5, 5.41) is 7.56. The Labute approximate surface area is 311 Å². The molecule has 0 bridgehead atoms. The van der Waals surface area contributed by atoms with E-state index in [9.17, 15) is 0 Å². The van der Waals surface area contributed by atoms with Crippen LogP contribution in [0.4, 0.5) is 0 Å². The minimum atomic E-state index is -0.244. The van der Waals surface area contributed by atoms with Gasteiger partial charge in [-0.2, -0.15) is 0 Å². The predicted molar refractivity (Wildman–Crippen MR) is 226 cm³/mol. The number of fused-ring (bicyclic) bond motifs is 14. The average molecular weight is 683 g/mol. The third-order valence-corrected chi connectivity index (χ3v) is 12.2. The third-order valence-electron chi connectivity index (χ3n) is 12.2. The molecular formula is C52H42O. The van der Waals surface area contributed by atoms with E-state index in [2.05, 4.69) is 173 Å². The smallest absolute Gasteiger partial charge is 0.144 e. The molecule has 0 N–H and O–H groups in total. The highest BCUT2D eigenvalue weighted by atomic mass is 16.3. The number of hydrogen-bond donors (Lipinski definition) is 0. The van der Waals surface area contributed by atoms with Crippen LogP contribution in [0.25, 0.3) is 88.0 Å². The molecule has 8 aromatic carbocycles. The largest absolute Gasteiger partial charge is 0.455 e. The Hall–Kier alpha value is -5.92. The van der Waals surface area contributed by atoms with Crippen molar-refractivity contribution in [2.75, 3.05) is 0 Å². The molecule has 9 aromatic rings. The van der Waals surface area contributed by atoms with Crippen LogP contribution in [0.1, 0.15) is 63.8 Å². The predicted octanol–water partition coefficient (Wildman–Crippen LogP) is 14.9. The minimum Gasteiger partial charge on any atom is -0.455 e. The Bertz CT molecular complexity index is 2900. The van der Waals surface area contributed by atoms with Crippen molar-refractivity contribution in [2.24, 2.45) is 0 Å². The van der Waals surface area contributed by atoms with Crippen molar-refractivity contribution in [1.82, 2.24) is 0 Å². The fraction of sp³-hybridized carbons (Fsp3) is 0.154. The van der Waals surface area contributed by atoms with Crippen LogP contribution in [0.3, 0.4) is 0 Å². The van der Waals surface area contributed by atoms with Crippen LogP contribution in [-0.4, -0.2) is 0 Å². The molecule has 1 nitrogen and oxygen atoms in total. The van der Waals surface area contributed by atoms with Crippen LogP contribution in [0, 0.1) is 0 Å². The molecule has 0 atom stereocenters. The van der Waals surface area contributed by atoms with Gasteiger partial charge in [0.25, 0.3) is 0 Å². The Kier molecular flexibility index (Phi) is 6.77. The summed E-state index contributed by atoms with van der Waals surface area (Å²) < 4.78 is 6.89. The molecule has 2 aliphatic rings. The standard InChI is InChI=1S/C50H36O.C2H6/c1-49(2)38-24-14-12-22-35(38)45-47(49)46-43(44-37-23-13-15-25-40(37)51-48(44)45)36-27-26-30(28-39(36)50(46,3)4)42-33-20-10-8-18-31(33)41(29-16-6-5-7-17-29)32-19-9-11-21-34(32)42;1-2/h5-28H,1-4H3;1-2H3. The molecule has 1 aromatic heterocycles. The van der Waals surface area contributed by atoms with E-state index < -0.39 is 0 Å². The lowest BCUT2D eigenvalue weighted by Gasteiger charge is -2.31. The van der Waals surface area contributed by atoms with Gasteiger partial charge in [0, 0.05) is 27.2 Å². The van der Waals surface area contributed by atoms with Gasteiger partial charge in [0.15, 0.2) is 0 Å². The zero-order valence-corrected chi connectivity index (χ0v) is 31.3. The maximum Gasteiger partial charge on any atom is 0.144 e. The monoisotopic (exact) mass is 682 g/mol. The summed E-state index contributed by atoms with van der Waals surface area (Å²) in [4.78, 5) is 0. The Morgan fingerprint density at radius 2 is 0.887 bits per heavy atom. The van der Waals surface area contributed by atoms with Gasteiger partial charge < -0.3 is 4.42 Å². The zero-order chi connectivity index (χ0) is 36.2. The summed E-state index contributed by atoms with van der Waals surface area (Å²) in [5.74, 6) is 0. The Balaban J connectivity index is 0.00000172. The van der Waals surface area contributed by atoms with E-state index >= 15 is 0 Å². The van der Waals surface area contributed by atoms with Crippen molar-refractivity contribution in [3.63, 3.8) is 0 Å². The van der Waals surface area contributed by atoms with Gasteiger partial charge in [-0.15, -0.1) is 0 Å². The number of rotatable bonds is 2. The van der Waals surface area contributed by atoms with Crippen LogP contribution >= 0.6 is 0 Å². The maximum absolute atomic E-state index is 6.89. The second kappa shape index (κ2) is 11.3. The van der Waals surface area contributed by atoms with E-state index in [1.807, 2.05) is 13.8 Å². The molecule has 1 heteroatoms. The van der Waals surface area contributed by atoms with E-state index in [0.29, 0.717) is 0 Å². The normalized spacial score (nSPS) is 14.5. The second-order valence-electron chi connectivity index (χ2n) is 15.6. The fourth-order valence-electron chi connectivity index (χ4n) is 10.0. The molecule has 11 rings (SSSR count). The van der Waals surface area contributed by atoms with Gasteiger partial charge >= 0.3 is 0 Å². The van der Waals surface area contributed by atoms with E-state index in [0.717, 1.165) is 11.2 Å². The minimum absolute atomic E-state index is 0.176. The molecule has 53 heavy (non-hydrogen) atoms. The second-order valence-corrected chi connectivity index (χ2v) is 15.6. The van der Waals surface area contributed by atoms with Crippen molar-refractivity contribution in [2.45, 2.75) is 52.4 Å². The summed E-state index contributed by atoms with van der Waals surface area (Å²) >= 11 is 0. The number of furan rings is 1. The Morgan fingerprint density at radius 1 is 0.396 bits per heavy atom. The fourth-order valence-corrected chi connectivity index (χ4v) is 10.0. The molecule has 0 fully saturated rings. The summed E-state index contributed by atoms with van der Waals surface area (Å²) in [6, 6.07) is 53.7. The highest BCUT2D eigenvalue weighted by Gasteiger charge is 2.48. The quantitative estimate of drug-likeness (QED) is 0.165. The number of para-hydroxylation sites is 1. The lowest BCUT2D eigenvalue weighted by atomic mass is 9.72. The van der Waals surface area contributed by atoms with Crippen LogP contribution < -0.4 is 0 Å². The molecule has 0 unspecified atom stereocenters. The summed E-state index contributed by atoms with van der Waals surface area (Å²) in [7, 11) is 0. The van der Waals surface area contributed by atoms with Gasteiger partial charge in [0.05, 0.1) is 0 Å². The summed E-state index contributed by atoms with van der Waals surface area (Å²) in [5.41, 5.74) is 17.5. The molecule has 0 saturated carbocycles. The van der Waals surface area contributed by atoms with Crippen LogP contribution in [0.15, 0.2) is 150 Å². The molecule has 2 aliphatic carbocycles. The van der Waals surface area contributed by atoms with Crippen molar-refractivity contribution in [1.29, 1.82) is 0 Å². The van der Waals surface area contributed by atoms with Crippen molar-refractivity contribution in [3.05, 3.63) is 168 Å². The lowest BCUT2D eigenvalue weighted by molar-refractivity contribution is 0.600. The molecule has 0 spiro atoms. The molecule has 1 heterocycles. The van der Waals surface area contributed by atoms with Crippen molar-refractivity contribution >= 4 is 43.5 Å². The first-order valence-corrected chi connectivity index (χ1v) is 19.1. The first-order chi connectivity index (χ1) is 25.9. The van der Waals surface area contributed by atoms with Gasteiger partial charge in [-0.3, -0.25) is 0 Å². The highest BCUT2D eigenvalue weighted by molar-refractivity contribution is 6.23. The van der Waals surface area contributed by atoms with Crippen molar-refractivity contribution < 1.29 is 4.42 Å². The molecule has 0 aliphatic heterocycles. The topological polar surface area (TPSA) is 13.1 Å². The van der Waals surface area contributed by atoms with Crippen LogP contribution in [-0.2, 0) is 10.8 Å². The van der Waals surface area contributed by atoms with Crippen LogP contribution in [0.2, 0.25) is 0 Å². The van der Waals surface area contributed by atoms with Gasteiger partial charge in [0.2, 0.25) is 0 Å². The van der Waals surface area contributed by atoms with E-state index in [-0.39, 0.29) is 10.8 Å². The van der Waals surface area contributed by atoms with Gasteiger partial charge in [-0.25, -0.2) is 0 Å². The van der Waals surface area contributed by atoms with Crippen molar-refractivity contribution in [3.8, 4) is 44.5 Å².